The summed E-state index contributed by atoms with van der Waals surface area (Å²) in [5.41, 5.74) is 0.978. The van der Waals surface area contributed by atoms with E-state index in [0.717, 1.165) is 11.3 Å². The summed E-state index contributed by atoms with van der Waals surface area (Å²) in [4.78, 5) is 32.2. The van der Waals surface area contributed by atoms with Crippen LogP contribution in [0, 0.1) is 0 Å². The molecule has 1 atom stereocenters. The Labute approximate surface area is 144 Å². The van der Waals surface area contributed by atoms with Crippen molar-refractivity contribution in [1.82, 2.24) is 9.88 Å². The summed E-state index contributed by atoms with van der Waals surface area (Å²) in [5, 5.41) is 2.48. The van der Waals surface area contributed by atoms with Crippen LogP contribution in [0.2, 0.25) is 0 Å². The van der Waals surface area contributed by atoms with Gasteiger partial charge in [-0.05, 0) is 24.1 Å². The number of benzene rings is 1. The van der Waals surface area contributed by atoms with Gasteiger partial charge in [0.2, 0.25) is 5.91 Å². The minimum absolute atomic E-state index is 0.0110. The van der Waals surface area contributed by atoms with Crippen LogP contribution in [0.5, 0.6) is 5.75 Å². The first-order chi connectivity index (χ1) is 11.6. The number of thiazole rings is 1. The van der Waals surface area contributed by atoms with Gasteiger partial charge in [0.05, 0.1) is 13.7 Å². The maximum Gasteiger partial charge on any atom is 0.251 e. The van der Waals surface area contributed by atoms with E-state index in [2.05, 4.69) is 4.98 Å². The number of methoxy groups -OCH3 is 1. The predicted molar refractivity (Wildman–Crippen MR) is 92.1 cm³/mol. The first-order valence-corrected chi connectivity index (χ1v) is 8.57. The van der Waals surface area contributed by atoms with Gasteiger partial charge in [-0.15, -0.1) is 11.3 Å². The molecule has 1 fully saturated rings. The van der Waals surface area contributed by atoms with Gasteiger partial charge in [-0.2, -0.15) is 0 Å². The molecule has 2 aromatic rings. The quantitative estimate of drug-likeness (QED) is 0.834. The van der Waals surface area contributed by atoms with Crippen molar-refractivity contribution < 1.29 is 14.3 Å². The number of ether oxygens (including phenoxy) is 1. The molecule has 24 heavy (non-hydrogen) atoms. The van der Waals surface area contributed by atoms with Crippen molar-refractivity contribution in [3.8, 4) is 5.75 Å². The van der Waals surface area contributed by atoms with E-state index in [4.69, 9.17) is 4.74 Å². The lowest BCUT2D eigenvalue weighted by Gasteiger charge is -2.26. The number of anilines is 1. The van der Waals surface area contributed by atoms with Crippen LogP contribution >= 0.6 is 11.3 Å². The zero-order valence-electron chi connectivity index (χ0n) is 13.6. The molecule has 1 aromatic heterocycles. The third-order valence-corrected chi connectivity index (χ3v) is 4.99. The van der Waals surface area contributed by atoms with Crippen LogP contribution in [-0.4, -0.2) is 41.9 Å². The van der Waals surface area contributed by atoms with Gasteiger partial charge in [0.15, 0.2) is 5.13 Å². The number of likely N-dealkylation sites (tertiary alicyclic amines) is 1. The van der Waals surface area contributed by atoms with Gasteiger partial charge in [0.25, 0.3) is 5.91 Å². The van der Waals surface area contributed by atoms with Crippen LogP contribution in [0.25, 0.3) is 0 Å². The average Bonchev–Trinajstić information content (AvgIpc) is 3.24. The zero-order valence-corrected chi connectivity index (χ0v) is 14.5. The molecule has 7 heteroatoms. The summed E-state index contributed by atoms with van der Waals surface area (Å²) in [5.74, 6) is 0.693. The van der Waals surface area contributed by atoms with Crippen LogP contribution in [-0.2, 0) is 16.1 Å². The number of aromatic nitrogens is 1. The second-order valence-electron chi connectivity index (χ2n) is 5.65. The van der Waals surface area contributed by atoms with E-state index in [0.29, 0.717) is 24.5 Å². The van der Waals surface area contributed by atoms with Gasteiger partial charge in [0.1, 0.15) is 11.8 Å². The number of nitrogens with zero attached hydrogens (tertiary/aromatic N) is 3. The van der Waals surface area contributed by atoms with E-state index in [1.165, 1.54) is 16.2 Å². The fraction of sp³-hybridized carbons (Fsp3) is 0.353. The Morgan fingerprint density at radius 2 is 2.17 bits per heavy atom. The number of carbonyl (C=O) groups excluding carboxylic acids is 2. The normalized spacial score (nSPS) is 17.2. The first-order valence-electron chi connectivity index (χ1n) is 7.69. The molecule has 0 aliphatic carbocycles. The summed E-state index contributed by atoms with van der Waals surface area (Å²) in [6.45, 7) is 0.412. The molecule has 3 rings (SSSR count). The van der Waals surface area contributed by atoms with E-state index in [9.17, 15) is 9.59 Å². The van der Waals surface area contributed by atoms with Gasteiger partial charge in [0, 0.05) is 25.0 Å². The number of carbonyl (C=O) groups is 2. The second kappa shape index (κ2) is 7.00. The monoisotopic (exact) mass is 345 g/mol. The van der Waals surface area contributed by atoms with Gasteiger partial charge in [-0.1, -0.05) is 12.1 Å². The van der Waals surface area contributed by atoms with Crippen molar-refractivity contribution in [2.45, 2.75) is 25.4 Å². The molecular formula is C17H19N3O3S. The highest BCUT2D eigenvalue weighted by Gasteiger charge is 2.36. The van der Waals surface area contributed by atoms with Crippen LogP contribution in [0.3, 0.4) is 0 Å². The molecule has 2 heterocycles. The standard InChI is InChI=1S/C17H19N3O3S/c1-19-14(7-8-15(19)21)16(22)20(17-18-9-10-24-17)11-12-3-5-13(23-2)6-4-12/h3-6,9-10,14H,7-8,11H2,1-2H3/t14-/m1/s1. The Morgan fingerprint density at radius 3 is 2.71 bits per heavy atom. The Hall–Kier alpha value is -2.41. The van der Waals surface area contributed by atoms with E-state index < -0.39 is 6.04 Å². The second-order valence-corrected chi connectivity index (χ2v) is 6.52. The number of rotatable bonds is 5. The molecule has 0 N–H and O–H groups in total. The molecular weight excluding hydrogens is 326 g/mol. The van der Waals surface area contributed by atoms with Gasteiger partial charge in [-0.25, -0.2) is 4.98 Å². The highest BCUT2D eigenvalue weighted by molar-refractivity contribution is 7.13. The van der Waals surface area contributed by atoms with Crippen LogP contribution in [0.15, 0.2) is 35.8 Å². The van der Waals surface area contributed by atoms with E-state index in [1.807, 2.05) is 29.6 Å². The van der Waals surface area contributed by atoms with E-state index in [1.54, 1.807) is 25.3 Å². The third kappa shape index (κ3) is 3.26. The van der Waals surface area contributed by atoms with Crippen molar-refractivity contribution in [3.05, 3.63) is 41.4 Å². The molecule has 126 valence electrons. The fourth-order valence-electron chi connectivity index (χ4n) is 2.78. The molecule has 0 spiro atoms. The summed E-state index contributed by atoms with van der Waals surface area (Å²) >= 11 is 1.41. The van der Waals surface area contributed by atoms with Gasteiger partial charge < -0.3 is 9.64 Å². The molecule has 1 aromatic carbocycles. The molecule has 0 unspecified atom stereocenters. The Balaban J connectivity index is 1.84. The zero-order chi connectivity index (χ0) is 17.1. The highest BCUT2D eigenvalue weighted by atomic mass is 32.1. The smallest absolute Gasteiger partial charge is 0.251 e. The number of hydrogen-bond donors (Lipinski definition) is 0. The van der Waals surface area contributed by atoms with Crippen molar-refractivity contribution in [2.75, 3.05) is 19.1 Å². The number of likely N-dealkylation sites (N-methyl/N-ethyl adjacent to an activating group) is 1. The summed E-state index contributed by atoms with van der Waals surface area (Å²) in [6, 6.07) is 7.17. The first kappa shape index (κ1) is 16.4. The molecule has 1 aliphatic rings. The summed E-state index contributed by atoms with van der Waals surface area (Å²) in [6.07, 6.45) is 2.65. The molecule has 0 radical (unpaired) electrons. The topological polar surface area (TPSA) is 62.7 Å². The number of hydrogen-bond acceptors (Lipinski definition) is 5. The van der Waals surface area contributed by atoms with E-state index >= 15 is 0 Å². The molecule has 0 bridgehead atoms. The van der Waals surface area contributed by atoms with Crippen molar-refractivity contribution >= 4 is 28.3 Å². The Kier molecular flexibility index (Phi) is 4.80. The minimum Gasteiger partial charge on any atom is -0.497 e. The molecule has 2 amide bonds. The lowest BCUT2D eigenvalue weighted by molar-refractivity contribution is -0.132. The van der Waals surface area contributed by atoms with Gasteiger partial charge in [-0.3, -0.25) is 14.5 Å². The van der Waals surface area contributed by atoms with Gasteiger partial charge >= 0.3 is 0 Å². The number of amides is 2. The van der Waals surface area contributed by atoms with Crippen LogP contribution in [0.4, 0.5) is 5.13 Å². The largest absolute Gasteiger partial charge is 0.497 e. The lowest BCUT2D eigenvalue weighted by Crippen LogP contribution is -2.45. The van der Waals surface area contributed by atoms with Crippen LogP contribution in [0.1, 0.15) is 18.4 Å². The maximum absolute atomic E-state index is 13.0. The molecule has 1 saturated heterocycles. The summed E-state index contributed by atoms with van der Waals surface area (Å²) in [7, 11) is 3.30. The Morgan fingerprint density at radius 1 is 1.42 bits per heavy atom. The predicted octanol–water partition coefficient (Wildman–Crippen LogP) is 2.31. The highest BCUT2D eigenvalue weighted by Crippen LogP contribution is 2.26. The average molecular weight is 345 g/mol. The van der Waals surface area contributed by atoms with Crippen molar-refractivity contribution in [1.29, 1.82) is 0 Å². The minimum atomic E-state index is -0.417. The lowest BCUT2D eigenvalue weighted by atomic mass is 10.1. The van der Waals surface area contributed by atoms with Crippen LogP contribution < -0.4 is 9.64 Å². The molecule has 1 aliphatic heterocycles. The van der Waals surface area contributed by atoms with Crippen molar-refractivity contribution in [2.24, 2.45) is 0 Å². The van der Waals surface area contributed by atoms with Crippen molar-refractivity contribution in [3.63, 3.8) is 0 Å². The SMILES string of the molecule is COc1ccc(CN(C(=O)[C@H]2CCC(=O)N2C)c2nccs2)cc1. The molecule has 6 nitrogen and oxygen atoms in total. The van der Waals surface area contributed by atoms with E-state index in [-0.39, 0.29) is 11.8 Å². The Bertz CT molecular complexity index is 715. The maximum atomic E-state index is 13.0. The fourth-order valence-corrected chi connectivity index (χ4v) is 3.42. The molecule has 0 saturated carbocycles. The summed E-state index contributed by atoms with van der Waals surface area (Å²) < 4.78 is 5.17. The third-order valence-electron chi connectivity index (χ3n) is 4.19.